The van der Waals surface area contributed by atoms with Gasteiger partial charge in [-0.3, -0.25) is 4.79 Å². The van der Waals surface area contributed by atoms with E-state index in [1.165, 1.54) is 25.9 Å². The minimum absolute atomic E-state index is 0.0304. The normalized spacial score (nSPS) is 25.9. The monoisotopic (exact) mass is 319 g/mol. The Kier molecular flexibility index (Phi) is 3.95. The second-order valence-corrected chi connectivity index (χ2v) is 7.00. The zero-order valence-corrected chi connectivity index (χ0v) is 13.7. The summed E-state index contributed by atoms with van der Waals surface area (Å²) < 4.78 is 0. The zero-order valence-electron chi connectivity index (χ0n) is 13.7. The van der Waals surface area contributed by atoms with Gasteiger partial charge in [0.05, 0.1) is 11.6 Å². The fraction of sp³-hybridized carbons (Fsp3) is 0.400. The molecule has 1 amide bonds. The third-order valence-electron chi connectivity index (χ3n) is 5.40. The number of benzene rings is 2. The molecule has 5 rings (SSSR count). The third kappa shape index (κ3) is 2.88. The van der Waals surface area contributed by atoms with Gasteiger partial charge in [-0.1, -0.05) is 18.2 Å². The van der Waals surface area contributed by atoms with Crippen molar-refractivity contribution in [3.05, 3.63) is 47.5 Å². The van der Waals surface area contributed by atoms with Gasteiger partial charge >= 0.3 is 0 Å². The minimum atomic E-state index is -0.0304. The van der Waals surface area contributed by atoms with Gasteiger partial charge < -0.3 is 10.2 Å². The predicted molar refractivity (Wildman–Crippen MR) is 93.7 cm³/mol. The average Bonchev–Trinajstić information content (AvgIpc) is 2.93. The molecule has 4 heteroatoms. The van der Waals surface area contributed by atoms with E-state index >= 15 is 0 Å². The maximum absolute atomic E-state index is 12.7. The van der Waals surface area contributed by atoms with Crippen LogP contribution in [-0.2, 0) is 0 Å². The fourth-order valence-electron chi connectivity index (χ4n) is 4.08. The summed E-state index contributed by atoms with van der Waals surface area (Å²) >= 11 is 0. The van der Waals surface area contributed by atoms with E-state index in [4.69, 9.17) is 0 Å². The molecule has 0 aromatic heterocycles. The van der Waals surface area contributed by atoms with Crippen LogP contribution in [0.3, 0.4) is 0 Å². The molecule has 3 aliphatic rings. The summed E-state index contributed by atoms with van der Waals surface area (Å²) in [6, 6.07) is 13.7. The molecule has 0 unspecified atom stereocenters. The Hall–Kier alpha value is -2.38. The van der Waals surface area contributed by atoms with Crippen LogP contribution >= 0.6 is 0 Å². The topological polar surface area (TPSA) is 56.1 Å². The summed E-state index contributed by atoms with van der Waals surface area (Å²) in [7, 11) is 0. The lowest BCUT2D eigenvalue weighted by molar-refractivity contribution is 0.0929. The number of nitriles is 1. The molecule has 2 aromatic carbocycles. The summed E-state index contributed by atoms with van der Waals surface area (Å²) in [5.74, 6) is 0.716. The van der Waals surface area contributed by atoms with Crippen LogP contribution in [0.2, 0.25) is 0 Å². The molecule has 0 spiro atoms. The van der Waals surface area contributed by atoms with Crippen LogP contribution in [-0.4, -0.2) is 36.5 Å². The van der Waals surface area contributed by atoms with Crippen molar-refractivity contribution in [1.29, 1.82) is 5.26 Å². The van der Waals surface area contributed by atoms with E-state index in [2.05, 4.69) is 16.3 Å². The summed E-state index contributed by atoms with van der Waals surface area (Å²) in [6.07, 6.45) is 3.60. The van der Waals surface area contributed by atoms with Crippen LogP contribution in [0.15, 0.2) is 36.4 Å². The van der Waals surface area contributed by atoms with Crippen LogP contribution in [0.4, 0.5) is 0 Å². The van der Waals surface area contributed by atoms with Crippen LogP contribution in [0, 0.1) is 17.2 Å². The number of nitrogens with one attached hydrogen (secondary N) is 1. The zero-order chi connectivity index (χ0) is 16.5. The van der Waals surface area contributed by atoms with E-state index in [0.29, 0.717) is 11.1 Å². The van der Waals surface area contributed by atoms with Crippen molar-refractivity contribution in [1.82, 2.24) is 10.2 Å². The second-order valence-electron chi connectivity index (χ2n) is 7.00. The maximum atomic E-state index is 12.7. The van der Waals surface area contributed by atoms with Crippen LogP contribution in [0.1, 0.15) is 35.2 Å². The lowest BCUT2D eigenvalue weighted by Crippen LogP contribution is -2.41. The van der Waals surface area contributed by atoms with E-state index in [1.807, 2.05) is 30.3 Å². The Morgan fingerprint density at radius 2 is 2.04 bits per heavy atom. The number of nitrogens with zero attached hydrogens (tertiary/aromatic N) is 2. The molecule has 4 nitrogen and oxygen atoms in total. The van der Waals surface area contributed by atoms with E-state index < -0.39 is 0 Å². The highest BCUT2D eigenvalue weighted by Crippen LogP contribution is 2.27. The molecule has 0 aliphatic carbocycles. The standard InChI is InChI=1S/C20H21N3O/c21-12-17-3-1-2-15-4-5-16(11-19(15)17)20(24)22-18-10-14-6-8-23(13-18)9-7-14/h1-5,11,14,18H,6-10,13H2,(H,22,24)/t18-/m1/s1. The molecule has 2 aromatic rings. The Balaban J connectivity index is 1.56. The summed E-state index contributed by atoms with van der Waals surface area (Å²) in [6.45, 7) is 3.29. The Bertz CT molecular complexity index is 801. The number of rotatable bonds is 2. The highest BCUT2D eigenvalue weighted by Gasteiger charge is 2.29. The smallest absolute Gasteiger partial charge is 0.251 e. The number of fused-ring (bicyclic) bond motifs is 5. The Labute approximate surface area is 142 Å². The van der Waals surface area contributed by atoms with Gasteiger partial charge in [0.1, 0.15) is 0 Å². The first kappa shape index (κ1) is 15.2. The van der Waals surface area contributed by atoms with Crippen molar-refractivity contribution in [2.45, 2.75) is 25.3 Å². The number of hydrogen-bond donors (Lipinski definition) is 1. The summed E-state index contributed by atoms with van der Waals surface area (Å²) in [4.78, 5) is 15.2. The Morgan fingerprint density at radius 1 is 1.21 bits per heavy atom. The van der Waals surface area contributed by atoms with E-state index in [0.717, 1.165) is 29.7 Å². The third-order valence-corrected chi connectivity index (χ3v) is 5.40. The molecule has 1 atom stereocenters. The van der Waals surface area contributed by atoms with Crippen molar-refractivity contribution in [2.75, 3.05) is 19.6 Å². The van der Waals surface area contributed by atoms with E-state index in [-0.39, 0.29) is 11.9 Å². The average molecular weight is 319 g/mol. The summed E-state index contributed by atoms with van der Waals surface area (Å²) in [5.41, 5.74) is 1.25. The first-order chi connectivity index (χ1) is 11.7. The molecule has 3 fully saturated rings. The molecular formula is C20H21N3O. The lowest BCUT2D eigenvalue weighted by Gasteiger charge is -2.26. The van der Waals surface area contributed by atoms with Gasteiger partial charge in [0, 0.05) is 23.5 Å². The highest BCUT2D eigenvalue weighted by atomic mass is 16.1. The molecule has 122 valence electrons. The minimum Gasteiger partial charge on any atom is -0.348 e. The van der Waals surface area contributed by atoms with Crippen molar-refractivity contribution < 1.29 is 4.79 Å². The van der Waals surface area contributed by atoms with Crippen molar-refractivity contribution in [3.63, 3.8) is 0 Å². The first-order valence-electron chi connectivity index (χ1n) is 8.69. The Morgan fingerprint density at radius 3 is 2.83 bits per heavy atom. The number of hydrogen-bond acceptors (Lipinski definition) is 3. The largest absolute Gasteiger partial charge is 0.348 e. The fourth-order valence-corrected chi connectivity index (χ4v) is 4.08. The molecule has 3 heterocycles. The van der Waals surface area contributed by atoms with Crippen molar-refractivity contribution >= 4 is 16.7 Å². The number of carbonyl (C=O) groups is 1. The van der Waals surface area contributed by atoms with Crippen LogP contribution in [0.25, 0.3) is 10.8 Å². The van der Waals surface area contributed by atoms with Crippen LogP contribution in [0.5, 0.6) is 0 Å². The SMILES string of the molecule is N#Cc1cccc2ccc(C(=O)N[C@@H]3CC4CCN(CC4)C3)cc12. The predicted octanol–water partition coefficient (Wildman–Crippen LogP) is 2.93. The van der Waals surface area contributed by atoms with Crippen LogP contribution < -0.4 is 5.32 Å². The van der Waals surface area contributed by atoms with Gasteiger partial charge in [0.15, 0.2) is 0 Å². The van der Waals surface area contributed by atoms with Gasteiger partial charge in [0.25, 0.3) is 5.91 Å². The molecule has 0 saturated carbocycles. The van der Waals surface area contributed by atoms with Gasteiger partial charge in [-0.05, 0) is 61.9 Å². The molecule has 24 heavy (non-hydrogen) atoms. The molecule has 3 saturated heterocycles. The van der Waals surface area contributed by atoms with Crippen molar-refractivity contribution in [2.24, 2.45) is 5.92 Å². The quantitative estimate of drug-likeness (QED) is 0.926. The molecule has 1 N–H and O–H groups in total. The molecule has 2 bridgehead atoms. The second kappa shape index (κ2) is 6.26. The number of carbonyl (C=O) groups excluding carboxylic acids is 1. The summed E-state index contributed by atoms with van der Waals surface area (Å²) in [5, 5.41) is 14.3. The number of amides is 1. The first-order valence-corrected chi connectivity index (χ1v) is 8.69. The number of piperidine rings is 1. The molecule has 0 radical (unpaired) electrons. The lowest BCUT2D eigenvalue weighted by atomic mass is 9.94. The molecule has 3 aliphatic heterocycles. The van der Waals surface area contributed by atoms with E-state index in [9.17, 15) is 10.1 Å². The van der Waals surface area contributed by atoms with E-state index in [1.54, 1.807) is 6.07 Å². The van der Waals surface area contributed by atoms with Crippen molar-refractivity contribution in [3.8, 4) is 6.07 Å². The molecular weight excluding hydrogens is 298 g/mol. The highest BCUT2D eigenvalue weighted by molar-refractivity contribution is 6.00. The van der Waals surface area contributed by atoms with Gasteiger partial charge in [-0.2, -0.15) is 5.26 Å². The van der Waals surface area contributed by atoms with Gasteiger partial charge in [-0.15, -0.1) is 0 Å². The maximum Gasteiger partial charge on any atom is 0.251 e. The van der Waals surface area contributed by atoms with Gasteiger partial charge in [-0.25, -0.2) is 0 Å². The van der Waals surface area contributed by atoms with Gasteiger partial charge in [0.2, 0.25) is 0 Å².